The summed E-state index contributed by atoms with van der Waals surface area (Å²) in [6.45, 7) is 0.686. The standard InChI is InChI=1S/C13H14N4O2/c1-14-6-11-9(7-17(2)16-11)8-3-4-10-12(5-8)19-13(18)15-10/h3-5,7,14H,6H2,1-2H3,(H,15,18). The van der Waals surface area contributed by atoms with Crippen LogP contribution in [0.5, 0.6) is 0 Å². The maximum atomic E-state index is 11.2. The number of rotatable bonds is 3. The van der Waals surface area contributed by atoms with Crippen molar-refractivity contribution in [1.29, 1.82) is 0 Å². The number of oxazole rings is 1. The van der Waals surface area contributed by atoms with E-state index in [4.69, 9.17) is 4.42 Å². The summed E-state index contributed by atoms with van der Waals surface area (Å²) in [5.74, 6) is -0.436. The Bertz CT molecular complexity index is 781. The third-order valence-corrected chi connectivity index (χ3v) is 2.98. The van der Waals surface area contributed by atoms with E-state index in [1.165, 1.54) is 0 Å². The van der Waals surface area contributed by atoms with Gasteiger partial charge in [-0.05, 0) is 24.7 Å². The number of aromatic nitrogens is 3. The third kappa shape index (κ3) is 2.06. The Hall–Kier alpha value is -2.34. The first-order valence-corrected chi connectivity index (χ1v) is 5.98. The van der Waals surface area contributed by atoms with Gasteiger partial charge in [0.15, 0.2) is 5.58 Å². The molecule has 3 aromatic rings. The first-order valence-electron chi connectivity index (χ1n) is 5.98. The largest absolute Gasteiger partial charge is 0.417 e. The Kier molecular flexibility index (Phi) is 2.72. The van der Waals surface area contributed by atoms with Crippen molar-refractivity contribution in [3.63, 3.8) is 0 Å². The highest BCUT2D eigenvalue weighted by Gasteiger charge is 2.11. The van der Waals surface area contributed by atoms with E-state index in [1.807, 2.05) is 38.5 Å². The molecule has 0 aliphatic heterocycles. The van der Waals surface area contributed by atoms with Gasteiger partial charge in [0.05, 0.1) is 11.2 Å². The zero-order chi connectivity index (χ0) is 13.4. The van der Waals surface area contributed by atoms with E-state index in [9.17, 15) is 4.79 Å². The van der Waals surface area contributed by atoms with E-state index in [2.05, 4.69) is 15.4 Å². The van der Waals surface area contributed by atoms with Crippen LogP contribution in [0.4, 0.5) is 0 Å². The van der Waals surface area contributed by atoms with E-state index in [0.29, 0.717) is 17.6 Å². The van der Waals surface area contributed by atoms with Gasteiger partial charge in [0, 0.05) is 25.4 Å². The maximum Gasteiger partial charge on any atom is 0.417 e. The van der Waals surface area contributed by atoms with Crippen molar-refractivity contribution in [2.75, 3.05) is 7.05 Å². The van der Waals surface area contributed by atoms with Gasteiger partial charge in [-0.15, -0.1) is 0 Å². The molecule has 0 saturated carbocycles. The van der Waals surface area contributed by atoms with Crippen molar-refractivity contribution >= 4 is 11.1 Å². The van der Waals surface area contributed by atoms with E-state index in [0.717, 1.165) is 16.8 Å². The number of aryl methyl sites for hydroxylation is 1. The first kappa shape index (κ1) is 11.7. The van der Waals surface area contributed by atoms with Gasteiger partial charge in [0.1, 0.15) is 0 Å². The molecule has 0 atom stereocenters. The second-order valence-electron chi connectivity index (χ2n) is 4.42. The monoisotopic (exact) mass is 258 g/mol. The minimum atomic E-state index is -0.436. The molecule has 0 radical (unpaired) electrons. The van der Waals surface area contributed by atoms with Crippen LogP contribution in [0, 0.1) is 0 Å². The molecule has 0 amide bonds. The van der Waals surface area contributed by atoms with Crippen molar-refractivity contribution in [3.05, 3.63) is 40.6 Å². The molecule has 0 saturated heterocycles. The van der Waals surface area contributed by atoms with Crippen LogP contribution in [0.25, 0.3) is 22.2 Å². The molecular formula is C13H14N4O2. The topological polar surface area (TPSA) is 75.8 Å². The van der Waals surface area contributed by atoms with Crippen LogP contribution in [0.2, 0.25) is 0 Å². The quantitative estimate of drug-likeness (QED) is 0.741. The molecule has 0 fully saturated rings. The molecule has 3 rings (SSSR count). The number of benzene rings is 1. The van der Waals surface area contributed by atoms with Crippen molar-refractivity contribution in [3.8, 4) is 11.1 Å². The fourth-order valence-corrected chi connectivity index (χ4v) is 2.19. The summed E-state index contributed by atoms with van der Waals surface area (Å²) >= 11 is 0. The minimum absolute atomic E-state index is 0.436. The lowest BCUT2D eigenvalue weighted by Crippen LogP contribution is -2.07. The Balaban J connectivity index is 2.15. The molecular weight excluding hydrogens is 244 g/mol. The van der Waals surface area contributed by atoms with Gasteiger partial charge in [0.2, 0.25) is 0 Å². The van der Waals surface area contributed by atoms with Crippen LogP contribution in [0.15, 0.2) is 33.6 Å². The molecule has 2 N–H and O–H groups in total. The lowest BCUT2D eigenvalue weighted by atomic mass is 10.1. The Morgan fingerprint density at radius 2 is 2.32 bits per heavy atom. The van der Waals surface area contributed by atoms with E-state index < -0.39 is 5.76 Å². The summed E-state index contributed by atoms with van der Waals surface area (Å²) in [5, 5.41) is 7.51. The highest BCUT2D eigenvalue weighted by molar-refractivity contribution is 5.80. The molecule has 6 nitrogen and oxygen atoms in total. The molecule has 0 aliphatic carbocycles. The minimum Gasteiger partial charge on any atom is -0.408 e. The second kappa shape index (κ2) is 4.40. The van der Waals surface area contributed by atoms with Gasteiger partial charge < -0.3 is 9.73 Å². The molecule has 0 spiro atoms. The normalized spacial score (nSPS) is 11.3. The molecule has 98 valence electrons. The summed E-state index contributed by atoms with van der Waals surface area (Å²) in [6.07, 6.45) is 1.96. The predicted molar refractivity (Wildman–Crippen MR) is 71.8 cm³/mol. The van der Waals surface area contributed by atoms with Crippen LogP contribution in [-0.2, 0) is 13.6 Å². The zero-order valence-electron chi connectivity index (χ0n) is 10.7. The number of hydrogen-bond donors (Lipinski definition) is 2. The molecule has 2 heterocycles. The Morgan fingerprint density at radius 1 is 1.47 bits per heavy atom. The van der Waals surface area contributed by atoms with Crippen LogP contribution >= 0.6 is 0 Å². The fourth-order valence-electron chi connectivity index (χ4n) is 2.19. The molecule has 0 unspecified atom stereocenters. The number of aromatic amines is 1. The van der Waals surface area contributed by atoms with Crippen LogP contribution < -0.4 is 11.1 Å². The van der Waals surface area contributed by atoms with Gasteiger partial charge in [-0.25, -0.2) is 4.79 Å². The molecule has 1 aromatic carbocycles. The summed E-state index contributed by atoms with van der Waals surface area (Å²) < 4.78 is 6.86. The predicted octanol–water partition coefficient (Wildman–Crippen LogP) is 1.24. The third-order valence-electron chi connectivity index (χ3n) is 2.98. The zero-order valence-corrected chi connectivity index (χ0v) is 10.7. The van der Waals surface area contributed by atoms with Gasteiger partial charge in [-0.1, -0.05) is 6.07 Å². The van der Waals surface area contributed by atoms with E-state index in [1.54, 1.807) is 4.68 Å². The van der Waals surface area contributed by atoms with Gasteiger partial charge in [0.25, 0.3) is 0 Å². The Morgan fingerprint density at radius 3 is 3.11 bits per heavy atom. The SMILES string of the molecule is CNCc1nn(C)cc1-c1ccc2[nH]c(=O)oc2c1. The molecule has 2 aromatic heterocycles. The highest BCUT2D eigenvalue weighted by atomic mass is 16.4. The van der Waals surface area contributed by atoms with Crippen molar-refractivity contribution in [2.45, 2.75) is 6.54 Å². The first-order chi connectivity index (χ1) is 9.17. The lowest BCUT2D eigenvalue weighted by molar-refractivity contribution is 0.555. The number of fused-ring (bicyclic) bond motifs is 1. The highest BCUT2D eigenvalue weighted by Crippen LogP contribution is 2.25. The summed E-state index contributed by atoms with van der Waals surface area (Å²) in [4.78, 5) is 13.8. The Labute approximate surface area is 109 Å². The number of H-pyrrole nitrogens is 1. The smallest absolute Gasteiger partial charge is 0.408 e. The van der Waals surface area contributed by atoms with Gasteiger partial charge in [-0.2, -0.15) is 5.10 Å². The average Bonchev–Trinajstić information content (AvgIpc) is 2.90. The van der Waals surface area contributed by atoms with Crippen LogP contribution in [0.3, 0.4) is 0 Å². The van der Waals surface area contributed by atoms with Crippen LogP contribution in [0.1, 0.15) is 5.69 Å². The molecule has 19 heavy (non-hydrogen) atoms. The van der Waals surface area contributed by atoms with Crippen molar-refractivity contribution < 1.29 is 4.42 Å². The summed E-state index contributed by atoms with van der Waals surface area (Å²) in [6, 6.07) is 5.64. The molecule has 0 aliphatic rings. The van der Waals surface area contributed by atoms with Gasteiger partial charge >= 0.3 is 5.76 Å². The fraction of sp³-hybridized carbons (Fsp3) is 0.231. The average molecular weight is 258 g/mol. The second-order valence-corrected chi connectivity index (χ2v) is 4.42. The number of nitrogens with zero attached hydrogens (tertiary/aromatic N) is 2. The van der Waals surface area contributed by atoms with E-state index >= 15 is 0 Å². The van der Waals surface area contributed by atoms with Crippen molar-refractivity contribution in [2.24, 2.45) is 7.05 Å². The van der Waals surface area contributed by atoms with Gasteiger partial charge in [-0.3, -0.25) is 9.67 Å². The maximum absolute atomic E-state index is 11.2. The molecule has 0 bridgehead atoms. The number of hydrogen-bond acceptors (Lipinski definition) is 4. The summed E-state index contributed by atoms with van der Waals surface area (Å²) in [5.41, 5.74) is 4.23. The van der Waals surface area contributed by atoms with Crippen LogP contribution in [-0.4, -0.2) is 21.8 Å². The summed E-state index contributed by atoms with van der Waals surface area (Å²) in [7, 11) is 3.77. The van der Waals surface area contributed by atoms with Crippen molar-refractivity contribution in [1.82, 2.24) is 20.1 Å². The molecule has 6 heteroatoms. The lowest BCUT2D eigenvalue weighted by Gasteiger charge is -2.01. The van der Waals surface area contributed by atoms with E-state index in [-0.39, 0.29) is 0 Å². The number of nitrogens with one attached hydrogen (secondary N) is 2.